The van der Waals surface area contributed by atoms with Gasteiger partial charge in [0, 0.05) is 25.7 Å². The Labute approximate surface area is 186 Å². The van der Waals surface area contributed by atoms with E-state index in [1.54, 1.807) is 48.5 Å². The van der Waals surface area contributed by atoms with Crippen molar-refractivity contribution in [1.29, 1.82) is 0 Å². The highest BCUT2D eigenvalue weighted by atomic mass is 32.2. The molecule has 1 heterocycles. The first-order valence-electron chi connectivity index (χ1n) is 10.9. The SMILES string of the molecule is Cc1ccc(S(=O)(=O)N(C)c2ccc(C(=O)NCCCN3CCC[C@H](C)C3)cc2)cc1. The van der Waals surface area contributed by atoms with Crippen LogP contribution in [-0.2, 0) is 10.0 Å². The summed E-state index contributed by atoms with van der Waals surface area (Å²) >= 11 is 0. The molecule has 0 spiro atoms. The molecule has 168 valence electrons. The van der Waals surface area contributed by atoms with Crippen LogP contribution >= 0.6 is 0 Å². The molecular weight excluding hydrogens is 410 g/mol. The van der Waals surface area contributed by atoms with Gasteiger partial charge in [-0.3, -0.25) is 9.10 Å². The lowest BCUT2D eigenvalue weighted by Crippen LogP contribution is -2.36. The second-order valence-electron chi connectivity index (χ2n) is 8.49. The number of carbonyl (C=O) groups excluding carboxylic acids is 1. The van der Waals surface area contributed by atoms with Crippen LogP contribution in [0.25, 0.3) is 0 Å². The predicted octanol–water partition coefficient (Wildman–Crippen LogP) is 3.67. The molecule has 1 atom stereocenters. The van der Waals surface area contributed by atoms with E-state index in [2.05, 4.69) is 17.1 Å². The van der Waals surface area contributed by atoms with Crippen molar-refractivity contribution in [2.75, 3.05) is 37.5 Å². The number of hydrogen-bond acceptors (Lipinski definition) is 4. The van der Waals surface area contributed by atoms with Gasteiger partial charge in [-0.15, -0.1) is 0 Å². The van der Waals surface area contributed by atoms with Crippen LogP contribution in [0.5, 0.6) is 0 Å². The average molecular weight is 444 g/mol. The van der Waals surface area contributed by atoms with E-state index in [4.69, 9.17) is 0 Å². The van der Waals surface area contributed by atoms with E-state index in [0.29, 0.717) is 17.8 Å². The van der Waals surface area contributed by atoms with Crippen LogP contribution in [0.3, 0.4) is 0 Å². The molecule has 1 N–H and O–H groups in total. The summed E-state index contributed by atoms with van der Waals surface area (Å²) in [6.45, 7) is 8.14. The van der Waals surface area contributed by atoms with Crippen molar-refractivity contribution < 1.29 is 13.2 Å². The highest BCUT2D eigenvalue weighted by Crippen LogP contribution is 2.22. The van der Waals surface area contributed by atoms with Crippen molar-refractivity contribution in [2.45, 2.75) is 38.0 Å². The summed E-state index contributed by atoms with van der Waals surface area (Å²) in [5.41, 5.74) is 2.04. The summed E-state index contributed by atoms with van der Waals surface area (Å²) in [6, 6.07) is 13.4. The number of likely N-dealkylation sites (tertiary alicyclic amines) is 1. The second kappa shape index (κ2) is 10.3. The Hall–Kier alpha value is -2.38. The molecule has 1 fully saturated rings. The monoisotopic (exact) mass is 443 g/mol. The fraction of sp³-hybridized carbons (Fsp3) is 0.458. The number of hydrogen-bond donors (Lipinski definition) is 1. The minimum Gasteiger partial charge on any atom is -0.352 e. The van der Waals surface area contributed by atoms with Crippen molar-refractivity contribution in [3.8, 4) is 0 Å². The molecular formula is C24H33N3O3S. The molecule has 7 heteroatoms. The molecule has 1 amide bonds. The molecule has 0 aromatic heterocycles. The Kier molecular flexibility index (Phi) is 7.73. The highest BCUT2D eigenvalue weighted by Gasteiger charge is 2.21. The summed E-state index contributed by atoms with van der Waals surface area (Å²) in [4.78, 5) is 15.1. The van der Waals surface area contributed by atoms with E-state index in [1.807, 2.05) is 6.92 Å². The van der Waals surface area contributed by atoms with Gasteiger partial charge in [0.1, 0.15) is 0 Å². The summed E-state index contributed by atoms with van der Waals surface area (Å²) < 4.78 is 26.9. The van der Waals surface area contributed by atoms with Crippen LogP contribution < -0.4 is 9.62 Å². The molecule has 0 unspecified atom stereocenters. The Morgan fingerprint density at radius 1 is 1.13 bits per heavy atom. The Balaban J connectivity index is 1.53. The zero-order valence-corrected chi connectivity index (χ0v) is 19.5. The minimum absolute atomic E-state index is 0.136. The molecule has 0 saturated carbocycles. The number of carbonyl (C=O) groups is 1. The quantitative estimate of drug-likeness (QED) is 0.632. The van der Waals surface area contributed by atoms with Gasteiger partial charge >= 0.3 is 0 Å². The summed E-state index contributed by atoms with van der Waals surface area (Å²) in [5.74, 6) is 0.623. The molecule has 1 saturated heterocycles. The number of piperidine rings is 1. The van der Waals surface area contributed by atoms with Gasteiger partial charge in [0.15, 0.2) is 0 Å². The maximum Gasteiger partial charge on any atom is 0.264 e. The van der Waals surface area contributed by atoms with E-state index in [-0.39, 0.29) is 10.8 Å². The second-order valence-corrected chi connectivity index (χ2v) is 10.5. The third-order valence-corrected chi connectivity index (χ3v) is 7.65. The number of nitrogens with zero attached hydrogens (tertiary/aromatic N) is 2. The molecule has 3 rings (SSSR count). The zero-order chi connectivity index (χ0) is 22.4. The summed E-state index contributed by atoms with van der Waals surface area (Å²) in [7, 11) is -2.13. The lowest BCUT2D eigenvalue weighted by Gasteiger charge is -2.30. The molecule has 6 nitrogen and oxygen atoms in total. The van der Waals surface area contributed by atoms with Crippen LogP contribution in [0.15, 0.2) is 53.4 Å². The van der Waals surface area contributed by atoms with Crippen molar-refractivity contribution >= 4 is 21.6 Å². The van der Waals surface area contributed by atoms with Gasteiger partial charge in [-0.05, 0) is 81.6 Å². The van der Waals surface area contributed by atoms with Crippen molar-refractivity contribution in [1.82, 2.24) is 10.2 Å². The molecule has 0 bridgehead atoms. The van der Waals surface area contributed by atoms with Crippen molar-refractivity contribution in [3.63, 3.8) is 0 Å². The van der Waals surface area contributed by atoms with E-state index < -0.39 is 10.0 Å². The van der Waals surface area contributed by atoms with Crippen molar-refractivity contribution in [3.05, 3.63) is 59.7 Å². The fourth-order valence-corrected chi connectivity index (χ4v) is 5.12. The van der Waals surface area contributed by atoms with Gasteiger partial charge in [-0.1, -0.05) is 24.6 Å². The molecule has 1 aliphatic rings. The summed E-state index contributed by atoms with van der Waals surface area (Å²) in [5, 5.41) is 2.96. The average Bonchev–Trinajstić information content (AvgIpc) is 2.76. The number of rotatable bonds is 8. The predicted molar refractivity (Wildman–Crippen MR) is 125 cm³/mol. The normalized spacial score (nSPS) is 17.3. The Morgan fingerprint density at radius 2 is 1.81 bits per heavy atom. The Bertz CT molecular complexity index is 972. The van der Waals surface area contributed by atoms with E-state index >= 15 is 0 Å². The highest BCUT2D eigenvalue weighted by molar-refractivity contribution is 7.92. The molecule has 2 aromatic carbocycles. The summed E-state index contributed by atoms with van der Waals surface area (Å²) in [6.07, 6.45) is 3.49. The molecule has 31 heavy (non-hydrogen) atoms. The van der Waals surface area contributed by atoms with Crippen LogP contribution in [-0.4, -0.2) is 52.5 Å². The van der Waals surface area contributed by atoms with Crippen LogP contribution in [0, 0.1) is 12.8 Å². The van der Waals surface area contributed by atoms with Crippen LogP contribution in [0.2, 0.25) is 0 Å². The number of sulfonamides is 1. The van der Waals surface area contributed by atoms with E-state index in [1.165, 1.54) is 24.2 Å². The van der Waals surface area contributed by atoms with Crippen LogP contribution in [0.4, 0.5) is 5.69 Å². The number of amides is 1. The number of benzene rings is 2. The minimum atomic E-state index is -3.65. The Morgan fingerprint density at radius 3 is 2.45 bits per heavy atom. The lowest BCUT2D eigenvalue weighted by molar-refractivity contribution is 0.0950. The van der Waals surface area contributed by atoms with Gasteiger partial charge in [0.25, 0.3) is 15.9 Å². The third kappa shape index (κ3) is 6.08. The van der Waals surface area contributed by atoms with Gasteiger partial charge in [-0.25, -0.2) is 8.42 Å². The van der Waals surface area contributed by atoms with Gasteiger partial charge in [0.05, 0.1) is 10.6 Å². The third-order valence-electron chi connectivity index (χ3n) is 5.85. The topological polar surface area (TPSA) is 69.7 Å². The largest absolute Gasteiger partial charge is 0.352 e. The molecule has 2 aromatic rings. The standard InChI is InChI=1S/C24H33N3O3S/c1-19-7-13-23(14-8-19)31(29,30)26(3)22-11-9-21(10-12-22)24(28)25-15-5-17-27-16-4-6-20(2)18-27/h7-14,20H,4-6,15-18H2,1-3H3,(H,25,28)/t20-/m0/s1. The smallest absolute Gasteiger partial charge is 0.264 e. The van der Waals surface area contributed by atoms with Gasteiger partial charge in [-0.2, -0.15) is 0 Å². The molecule has 0 aliphatic carbocycles. The zero-order valence-electron chi connectivity index (χ0n) is 18.7. The van der Waals surface area contributed by atoms with E-state index in [9.17, 15) is 13.2 Å². The first-order valence-corrected chi connectivity index (χ1v) is 12.4. The molecule has 0 radical (unpaired) electrons. The van der Waals surface area contributed by atoms with Gasteiger partial charge < -0.3 is 10.2 Å². The van der Waals surface area contributed by atoms with Crippen molar-refractivity contribution in [2.24, 2.45) is 5.92 Å². The maximum absolute atomic E-state index is 12.8. The first kappa shape index (κ1) is 23.3. The lowest BCUT2D eigenvalue weighted by atomic mass is 10.0. The maximum atomic E-state index is 12.8. The first-order chi connectivity index (χ1) is 14.8. The fourth-order valence-electron chi connectivity index (χ4n) is 3.93. The van der Waals surface area contributed by atoms with Gasteiger partial charge in [0.2, 0.25) is 0 Å². The van der Waals surface area contributed by atoms with E-state index in [0.717, 1.165) is 37.5 Å². The van der Waals surface area contributed by atoms with Crippen LogP contribution in [0.1, 0.15) is 42.1 Å². The molecule has 1 aliphatic heterocycles. The number of aryl methyl sites for hydroxylation is 1. The number of anilines is 1. The number of nitrogens with one attached hydrogen (secondary N) is 1.